The van der Waals surface area contributed by atoms with Crippen molar-refractivity contribution in [3.05, 3.63) is 18.3 Å². The lowest BCUT2D eigenvalue weighted by Crippen LogP contribution is -2.37. The van der Waals surface area contributed by atoms with Crippen LogP contribution in [0.1, 0.15) is 32.6 Å². The van der Waals surface area contributed by atoms with E-state index in [-0.39, 0.29) is 11.2 Å². The topological polar surface area (TPSA) is 68.0 Å². The Morgan fingerprint density at radius 1 is 1.50 bits per heavy atom. The molecule has 1 aliphatic carbocycles. The summed E-state index contributed by atoms with van der Waals surface area (Å²) >= 11 is 1.47. The van der Waals surface area contributed by atoms with Gasteiger partial charge < -0.3 is 11.1 Å². The Bertz CT molecular complexity index is 401. The van der Waals surface area contributed by atoms with Gasteiger partial charge in [-0.3, -0.25) is 4.79 Å². The van der Waals surface area contributed by atoms with Gasteiger partial charge in [-0.25, -0.2) is 4.98 Å². The van der Waals surface area contributed by atoms with Crippen LogP contribution in [-0.4, -0.2) is 22.2 Å². The van der Waals surface area contributed by atoms with Gasteiger partial charge in [-0.05, 0) is 31.9 Å². The molecule has 1 saturated carbocycles. The number of anilines is 1. The first-order chi connectivity index (χ1) is 8.65. The zero-order valence-electron chi connectivity index (χ0n) is 10.6. The van der Waals surface area contributed by atoms with E-state index in [1.165, 1.54) is 24.6 Å². The highest BCUT2D eigenvalue weighted by Gasteiger charge is 2.21. The van der Waals surface area contributed by atoms with Crippen LogP contribution in [0, 0.1) is 0 Å². The van der Waals surface area contributed by atoms with Crippen molar-refractivity contribution in [3.63, 3.8) is 0 Å². The molecule has 0 aliphatic heterocycles. The highest BCUT2D eigenvalue weighted by molar-refractivity contribution is 8.00. The summed E-state index contributed by atoms with van der Waals surface area (Å²) in [5.41, 5.74) is 6.22. The van der Waals surface area contributed by atoms with Crippen molar-refractivity contribution in [2.75, 3.05) is 5.73 Å². The Kier molecular flexibility index (Phi) is 4.47. The van der Waals surface area contributed by atoms with Crippen LogP contribution in [0.3, 0.4) is 0 Å². The number of amides is 1. The zero-order valence-corrected chi connectivity index (χ0v) is 11.4. The van der Waals surface area contributed by atoms with Gasteiger partial charge in [0.25, 0.3) is 0 Å². The second-order valence-corrected chi connectivity index (χ2v) is 6.04. The van der Waals surface area contributed by atoms with Crippen molar-refractivity contribution >= 4 is 23.4 Å². The zero-order chi connectivity index (χ0) is 13.0. The normalized spacial score (nSPS) is 17.6. The number of nitrogen functional groups attached to an aromatic ring is 1. The van der Waals surface area contributed by atoms with Crippen molar-refractivity contribution in [2.45, 2.75) is 48.9 Å². The monoisotopic (exact) mass is 265 g/mol. The Labute approximate surface area is 112 Å². The quantitative estimate of drug-likeness (QED) is 0.819. The largest absolute Gasteiger partial charge is 0.397 e. The van der Waals surface area contributed by atoms with Gasteiger partial charge in [-0.2, -0.15) is 0 Å². The van der Waals surface area contributed by atoms with Gasteiger partial charge >= 0.3 is 0 Å². The molecule has 4 nitrogen and oxygen atoms in total. The molecule has 1 heterocycles. The van der Waals surface area contributed by atoms with E-state index < -0.39 is 0 Å². The third-order valence-corrected chi connectivity index (χ3v) is 4.18. The molecular weight excluding hydrogens is 246 g/mol. The van der Waals surface area contributed by atoms with E-state index >= 15 is 0 Å². The van der Waals surface area contributed by atoms with E-state index in [0.29, 0.717) is 11.7 Å². The maximum atomic E-state index is 12.0. The van der Waals surface area contributed by atoms with Gasteiger partial charge in [0.05, 0.1) is 22.2 Å². The molecule has 98 valence electrons. The minimum absolute atomic E-state index is 0.102. The summed E-state index contributed by atoms with van der Waals surface area (Å²) in [5.74, 6) is 0.102. The maximum absolute atomic E-state index is 12.0. The number of carbonyl (C=O) groups excluding carboxylic acids is 1. The number of thioether (sulfide) groups is 1. The standard InChI is InChI=1S/C13H19N3OS/c1-9(13(17)16-11-4-2-3-5-11)18-12-7-6-10(14)8-15-12/h6-9,11H,2-5,14H2,1H3,(H,16,17). The molecule has 1 fully saturated rings. The number of aromatic nitrogens is 1. The number of nitrogens with one attached hydrogen (secondary N) is 1. The average molecular weight is 265 g/mol. The summed E-state index contributed by atoms with van der Waals surface area (Å²) in [5, 5.41) is 3.81. The fourth-order valence-electron chi connectivity index (χ4n) is 2.08. The molecule has 0 bridgehead atoms. The Morgan fingerprint density at radius 2 is 2.22 bits per heavy atom. The predicted molar refractivity (Wildman–Crippen MR) is 74.4 cm³/mol. The molecule has 1 atom stereocenters. The van der Waals surface area contributed by atoms with Crippen LogP contribution in [0.5, 0.6) is 0 Å². The molecule has 1 aliphatic rings. The van der Waals surface area contributed by atoms with Crippen molar-refractivity contribution < 1.29 is 4.79 Å². The number of pyridine rings is 1. The van der Waals surface area contributed by atoms with Crippen molar-refractivity contribution in [1.82, 2.24) is 10.3 Å². The fraction of sp³-hybridized carbons (Fsp3) is 0.538. The Hall–Kier alpha value is -1.23. The second-order valence-electron chi connectivity index (χ2n) is 4.68. The van der Waals surface area contributed by atoms with Gasteiger partial charge in [-0.1, -0.05) is 24.6 Å². The van der Waals surface area contributed by atoms with Crippen LogP contribution in [0.4, 0.5) is 5.69 Å². The summed E-state index contributed by atoms with van der Waals surface area (Å²) in [6.45, 7) is 1.91. The van der Waals surface area contributed by atoms with Crippen LogP contribution in [0.25, 0.3) is 0 Å². The number of hydrogen-bond acceptors (Lipinski definition) is 4. The minimum Gasteiger partial charge on any atom is -0.397 e. The smallest absolute Gasteiger partial charge is 0.233 e. The van der Waals surface area contributed by atoms with Gasteiger partial charge in [0.15, 0.2) is 0 Å². The molecule has 1 aromatic rings. The molecule has 5 heteroatoms. The second kappa shape index (κ2) is 6.09. The highest BCUT2D eigenvalue weighted by atomic mass is 32.2. The molecule has 3 N–H and O–H groups in total. The number of hydrogen-bond donors (Lipinski definition) is 2. The van der Waals surface area contributed by atoms with E-state index in [4.69, 9.17) is 5.73 Å². The lowest BCUT2D eigenvalue weighted by molar-refractivity contribution is -0.120. The third kappa shape index (κ3) is 3.63. The predicted octanol–water partition coefficient (Wildman–Crippen LogP) is 2.20. The van der Waals surface area contributed by atoms with E-state index in [1.54, 1.807) is 12.3 Å². The summed E-state index contributed by atoms with van der Waals surface area (Å²) in [6.07, 6.45) is 6.30. The summed E-state index contributed by atoms with van der Waals surface area (Å²) in [7, 11) is 0. The minimum atomic E-state index is -0.123. The molecule has 18 heavy (non-hydrogen) atoms. The molecule has 0 aromatic carbocycles. The SMILES string of the molecule is CC(Sc1ccc(N)cn1)C(=O)NC1CCCC1. The molecule has 0 saturated heterocycles. The van der Waals surface area contributed by atoms with Gasteiger partial charge in [0.2, 0.25) is 5.91 Å². The lowest BCUT2D eigenvalue weighted by atomic mass is 10.2. The molecule has 2 rings (SSSR count). The Balaban J connectivity index is 1.84. The number of nitrogens with zero attached hydrogens (tertiary/aromatic N) is 1. The van der Waals surface area contributed by atoms with Crippen LogP contribution < -0.4 is 11.1 Å². The van der Waals surface area contributed by atoms with Gasteiger partial charge in [-0.15, -0.1) is 0 Å². The van der Waals surface area contributed by atoms with Crippen molar-refractivity contribution in [2.24, 2.45) is 0 Å². The Morgan fingerprint density at radius 3 is 2.83 bits per heavy atom. The number of carbonyl (C=O) groups is 1. The molecule has 1 aromatic heterocycles. The van der Waals surface area contributed by atoms with Gasteiger partial charge in [0, 0.05) is 6.04 Å². The maximum Gasteiger partial charge on any atom is 0.233 e. The summed E-state index contributed by atoms with van der Waals surface area (Å²) in [4.78, 5) is 16.2. The average Bonchev–Trinajstić information content (AvgIpc) is 2.85. The van der Waals surface area contributed by atoms with E-state index in [0.717, 1.165) is 17.9 Å². The molecule has 0 spiro atoms. The fourth-order valence-corrected chi connectivity index (χ4v) is 2.88. The van der Waals surface area contributed by atoms with E-state index in [2.05, 4.69) is 10.3 Å². The van der Waals surface area contributed by atoms with Crippen molar-refractivity contribution in [1.29, 1.82) is 0 Å². The first kappa shape index (κ1) is 13.2. The van der Waals surface area contributed by atoms with E-state index in [1.807, 2.05) is 13.0 Å². The lowest BCUT2D eigenvalue weighted by Gasteiger charge is -2.16. The van der Waals surface area contributed by atoms with Gasteiger partial charge in [0.1, 0.15) is 0 Å². The van der Waals surface area contributed by atoms with Crippen LogP contribution in [0.2, 0.25) is 0 Å². The third-order valence-electron chi connectivity index (χ3n) is 3.13. The van der Waals surface area contributed by atoms with Crippen LogP contribution in [0.15, 0.2) is 23.4 Å². The number of nitrogens with two attached hydrogens (primary N) is 1. The molecule has 1 unspecified atom stereocenters. The van der Waals surface area contributed by atoms with E-state index in [9.17, 15) is 4.79 Å². The van der Waals surface area contributed by atoms with Crippen LogP contribution in [-0.2, 0) is 4.79 Å². The molecule has 0 radical (unpaired) electrons. The first-order valence-electron chi connectivity index (χ1n) is 6.33. The molecular formula is C13H19N3OS. The van der Waals surface area contributed by atoms with Crippen molar-refractivity contribution in [3.8, 4) is 0 Å². The molecule has 1 amide bonds. The highest BCUT2D eigenvalue weighted by Crippen LogP contribution is 2.23. The number of rotatable bonds is 4. The first-order valence-corrected chi connectivity index (χ1v) is 7.21. The summed E-state index contributed by atoms with van der Waals surface area (Å²) in [6, 6.07) is 4.02. The van der Waals surface area contributed by atoms with Crippen LogP contribution >= 0.6 is 11.8 Å². The summed E-state index contributed by atoms with van der Waals surface area (Å²) < 4.78 is 0.